The molecule has 0 amide bonds. The Balaban J connectivity index is 2.08. The Morgan fingerprint density at radius 1 is 1.10 bits per heavy atom. The molecule has 0 radical (unpaired) electrons. The molecule has 0 heterocycles. The molecule has 1 aromatic rings. The molecular formula is C15H23NO4. The van der Waals surface area contributed by atoms with Crippen LogP contribution >= 0.6 is 0 Å². The Morgan fingerprint density at radius 3 is 2.10 bits per heavy atom. The number of rotatable bonds is 8. The minimum atomic E-state index is 0.0902. The highest BCUT2D eigenvalue weighted by Gasteiger charge is 2.41. The molecule has 1 aromatic carbocycles. The SMILES string of the molecule is COc1cc(OC)c(CNCC2(CO)CC2)c(OC)c1. The number of aliphatic hydroxyl groups excluding tert-OH is 1. The average Bonchev–Trinajstić information content (AvgIpc) is 3.27. The van der Waals surface area contributed by atoms with Crippen molar-refractivity contribution in [2.75, 3.05) is 34.5 Å². The fourth-order valence-electron chi connectivity index (χ4n) is 2.27. The molecule has 0 aromatic heterocycles. The second kappa shape index (κ2) is 6.33. The number of benzene rings is 1. The third-order valence-corrected chi connectivity index (χ3v) is 3.91. The molecule has 0 spiro atoms. The molecule has 2 rings (SSSR count). The van der Waals surface area contributed by atoms with Gasteiger partial charge in [0.25, 0.3) is 0 Å². The van der Waals surface area contributed by atoms with Crippen LogP contribution in [0.3, 0.4) is 0 Å². The summed E-state index contributed by atoms with van der Waals surface area (Å²) in [6.07, 6.45) is 2.18. The van der Waals surface area contributed by atoms with Crippen LogP contribution in [-0.4, -0.2) is 39.6 Å². The highest BCUT2D eigenvalue weighted by atomic mass is 16.5. The molecule has 1 fully saturated rings. The summed E-state index contributed by atoms with van der Waals surface area (Å²) in [6, 6.07) is 3.69. The van der Waals surface area contributed by atoms with Gasteiger partial charge in [0, 0.05) is 37.2 Å². The molecule has 0 aliphatic heterocycles. The second-order valence-corrected chi connectivity index (χ2v) is 5.27. The van der Waals surface area contributed by atoms with Gasteiger partial charge in [-0.05, 0) is 12.8 Å². The normalized spacial score (nSPS) is 15.8. The van der Waals surface area contributed by atoms with Gasteiger partial charge < -0.3 is 24.6 Å². The van der Waals surface area contributed by atoms with Gasteiger partial charge in [-0.15, -0.1) is 0 Å². The molecule has 1 aliphatic rings. The molecule has 0 bridgehead atoms. The first kappa shape index (κ1) is 14.9. The highest BCUT2D eigenvalue weighted by Crippen LogP contribution is 2.44. The summed E-state index contributed by atoms with van der Waals surface area (Å²) < 4.78 is 16.0. The van der Waals surface area contributed by atoms with Crippen LogP contribution in [0.25, 0.3) is 0 Å². The third kappa shape index (κ3) is 3.16. The van der Waals surface area contributed by atoms with Crippen LogP contribution in [0.2, 0.25) is 0 Å². The van der Waals surface area contributed by atoms with Gasteiger partial charge >= 0.3 is 0 Å². The van der Waals surface area contributed by atoms with Gasteiger partial charge in [-0.25, -0.2) is 0 Å². The Hall–Kier alpha value is -1.46. The van der Waals surface area contributed by atoms with Crippen LogP contribution in [0.4, 0.5) is 0 Å². The number of nitrogens with one attached hydrogen (secondary N) is 1. The highest BCUT2D eigenvalue weighted by molar-refractivity contribution is 5.50. The lowest BCUT2D eigenvalue weighted by Gasteiger charge is -2.17. The summed E-state index contributed by atoms with van der Waals surface area (Å²) in [4.78, 5) is 0. The van der Waals surface area contributed by atoms with Gasteiger partial charge in [0.2, 0.25) is 0 Å². The predicted octanol–water partition coefficient (Wildman–Crippen LogP) is 1.57. The van der Waals surface area contributed by atoms with Crippen molar-refractivity contribution in [1.82, 2.24) is 5.32 Å². The predicted molar refractivity (Wildman–Crippen MR) is 76.6 cm³/mol. The van der Waals surface area contributed by atoms with Crippen molar-refractivity contribution >= 4 is 0 Å². The van der Waals surface area contributed by atoms with Crippen molar-refractivity contribution in [1.29, 1.82) is 0 Å². The summed E-state index contributed by atoms with van der Waals surface area (Å²) in [5, 5.41) is 12.7. The molecular weight excluding hydrogens is 258 g/mol. The van der Waals surface area contributed by atoms with E-state index >= 15 is 0 Å². The Morgan fingerprint density at radius 2 is 1.70 bits per heavy atom. The fraction of sp³-hybridized carbons (Fsp3) is 0.600. The first-order chi connectivity index (χ1) is 9.68. The van der Waals surface area contributed by atoms with E-state index in [1.165, 1.54) is 0 Å². The molecule has 2 N–H and O–H groups in total. The van der Waals surface area contributed by atoms with Crippen LogP contribution in [0.5, 0.6) is 17.2 Å². The smallest absolute Gasteiger partial charge is 0.130 e. The zero-order valence-corrected chi connectivity index (χ0v) is 12.4. The quantitative estimate of drug-likeness (QED) is 0.757. The molecule has 1 saturated carbocycles. The van der Waals surface area contributed by atoms with E-state index in [9.17, 15) is 5.11 Å². The van der Waals surface area contributed by atoms with E-state index in [0.717, 1.165) is 36.4 Å². The fourth-order valence-corrected chi connectivity index (χ4v) is 2.27. The number of aliphatic hydroxyl groups is 1. The van der Waals surface area contributed by atoms with E-state index in [2.05, 4.69) is 5.32 Å². The van der Waals surface area contributed by atoms with Crippen LogP contribution in [0.15, 0.2) is 12.1 Å². The molecule has 5 nitrogen and oxygen atoms in total. The Labute approximate surface area is 119 Å². The number of hydrogen-bond donors (Lipinski definition) is 2. The largest absolute Gasteiger partial charge is 0.496 e. The molecule has 20 heavy (non-hydrogen) atoms. The lowest BCUT2D eigenvalue weighted by atomic mass is 10.1. The molecule has 112 valence electrons. The molecule has 0 unspecified atom stereocenters. The van der Waals surface area contributed by atoms with Crippen LogP contribution in [0.1, 0.15) is 18.4 Å². The van der Waals surface area contributed by atoms with Gasteiger partial charge in [-0.2, -0.15) is 0 Å². The molecule has 5 heteroatoms. The number of hydrogen-bond acceptors (Lipinski definition) is 5. The van der Waals surface area contributed by atoms with Crippen molar-refractivity contribution in [2.45, 2.75) is 19.4 Å². The minimum Gasteiger partial charge on any atom is -0.496 e. The summed E-state index contributed by atoms with van der Waals surface area (Å²) in [6.45, 7) is 1.69. The lowest BCUT2D eigenvalue weighted by molar-refractivity contribution is 0.207. The van der Waals surface area contributed by atoms with Gasteiger partial charge in [0.1, 0.15) is 17.2 Å². The number of ether oxygens (including phenoxy) is 3. The van der Waals surface area contributed by atoms with Gasteiger partial charge in [-0.1, -0.05) is 0 Å². The van der Waals surface area contributed by atoms with Gasteiger partial charge in [-0.3, -0.25) is 0 Å². The van der Waals surface area contributed by atoms with Gasteiger partial charge in [0.15, 0.2) is 0 Å². The van der Waals surface area contributed by atoms with Gasteiger partial charge in [0.05, 0.1) is 26.9 Å². The van der Waals surface area contributed by atoms with E-state index in [1.807, 2.05) is 12.1 Å². The maximum absolute atomic E-state index is 9.32. The first-order valence-electron chi connectivity index (χ1n) is 6.78. The van der Waals surface area contributed by atoms with Crippen LogP contribution in [-0.2, 0) is 6.54 Å². The Kier molecular flexibility index (Phi) is 4.73. The van der Waals surface area contributed by atoms with E-state index in [4.69, 9.17) is 14.2 Å². The van der Waals surface area contributed by atoms with E-state index in [-0.39, 0.29) is 12.0 Å². The summed E-state index contributed by atoms with van der Waals surface area (Å²) in [5.74, 6) is 2.18. The first-order valence-corrected chi connectivity index (χ1v) is 6.78. The topological polar surface area (TPSA) is 60.0 Å². The Bertz CT molecular complexity index is 432. The standard InChI is InChI=1S/C15H23NO4/c1-18-11-6-13(19-2)12(14(7-11)20-3)8-16-9-15(10-17)4-5-15/h6-7,16-17H,4-5,8-10H2,1-3H3. The average molecular weight is 281 g/mol. The van der Waals surface area contributed by atoms with Crippen LogP contribution < -0.4 is 19.5 Å². The minimum absolute atomic E-state index is 0.0902. The van der Waals surface area contributed by atoms with E-state index in [0.29, 0.717) is 12.3 Å². The summed E-state index contributed by atoms with van der Waals surface area (Å²) in [5.41, 5.74) is 1.05. The zero-order valence-electron chi connectivity index (χ0n) is 12.4. The molecule has 1 aliphatic carbocycles. The third-order valence-electron chi connectivity index (χ3n) is 3.91. The second-order valence-electron chi connectivity index (χ2n) is 5.27. The van der Waals surface area contributed by atoms with E-state index in [1.54, 1.807) is 21.3 Å². The summed E-state index contributed by atoms with van der Waals surface area (Å²) >= 11 is 0. The zero-order chi connectivity index (χ0) is 14.6. The van der Waals surface area contributed by atoms with Crippen molar-refractivity contribution in [3.63, 3.8) is 0 Å². The lowest BCUT2D eigenvalue weighted by Crippen LogP contribution is -2.26. The maximum atomic E-state index is 9.32. The summed E-state index contributed by atoms with van der Waals surface area (Å²) in [7, 11) is 4.88. The maximum Gasteiger partial charge on any atom is 0.130 e. The molecule has 0 atom stereocenters. The van der Waals surface area contributed by atoms with Crippen molar-refractivity contribution in [2.24, 2.45) is 5.41 Å². The van der Waals surface area contributed by atoms with Crippen molar-refractivity contribution in [3.05, 3.63) is 17.7 Å². The monoisotopic (exact) mass is 281 g/mol. The van der Waals surface area contributed by atoms with E-state index < -0.39 is 0 Å². The van der Waals surface area contributed by atoms with Crippen molar-refractivity contribution < 1.29 is 19.3 Å². The van der Waals surface area contributed by atoms with Crippen molar-refractivity contribution in [3.8, 4) is 17.2 Å². The van der Waals surface area contributed by atoms with Crippen LogP contribution in [0, 0.1) is 5.41 Å². The number of methoxy groups -OCH3 is 3. The molecule has 0 saturated heterocycles.